The van der Waals surface area contributed by atoms with Crippen molar-refractivity contribution in [2.24, 2.45) is 0 Å². The van der Waals surface area contributed by atoms with E-state index >= 15 is 0 Å². The zero-order valence-corrected chi connectivity index (χ0v) is 11.8. The molecular weight excluding hydrogens is 259 g/mol. The predicted molar refractivity (Wildman–Crippen MR) is 75.3 cm³/mol. The number of methoxy groups -OCH3 is 1. The van der Waals surface area contributed by atoms with Gasteiger partial charge in [0.05, 0.1) is 7.11 Å². The van der Waals surface area contributed by atoms with E-state index in [1.807, 2.05) is 13.8 Å². The van der Waals surface area contributed by atoms with Gasteiger partial charge in [0.25, 0.3) is 0 Å². The van der Waals surface area contributed by atoms with Crippen LogP contribution in [0.15, 0.2) is 18.2 Å². The minimum atomic E-state index is -0.326. The number of nitrogens with zero attached hydrogens (tertiary/aromatic N) is 3. The third kappa shape index (κ3) is 3.20. The molecule has 1 aromatic heterocycles. The molecule has 0 saturated heterocycles. The highest BCUT2D eigenvalue weighted by atomic mass is 19.1. The number of ether oxygens (including phenoxy) is 1. The second-order valence-corrected chi connectivity index (χ2v) is 4.36. The molecule has 1 heterocycles. The van der Waals surface area contributed by atoms with Gasteiger partial charge in [-0.25, -0.2) is 4.39 Å². The molecular formula is C14H17FN4O. The summed E-state index contributed by atoms with van der Waals surface area (Å²) in [4.78, 5) is 12.6. The number of hydrogen-bond donors (Lipinski definition) is 1. The molecule has 0 fully saturated rings. The number of halogens is 1. The molecule has 0 unspecified atom stereocenters. The summed E-state index contributed by atoms with van der Waals surface area (Å²) < 4.78 is 18.5. The Morgan fingerprint density at radius 1 is 1.25 bits per heavy atom. The minimum Gasteiger partial charge on any atom is -0.467 e. The molecule has 0 bridgehead atoms. The quantitative estimate of drug-likeness (QED) is 0.910. The van der Waals surface area contributed by atoms with Crippen molar-refractivity contribution in [3.63, 3.8) is 0 Å². The summed E-state index contributed by atoms with van der Waals surface area (Å²) >= 11 is 0. The monoisotopic (exact) mass is 276 g/mol. The fraction of sp³-hybridized carbons (Fsp3) is 0.357. The van der Waals surface area contributed by atoms with Crippen LogP contribution in [0.3, 0.4) is 0 Å². The van der Waals surface area contributed by atoms with E-state index in [-0.39, 0.29) is 11.8 Å². The van der Waals surface area contributed by atoms with Crippen molar-refractivity contribution in [2.45, 2.75) is 20.3 Å². The van der Waals surface area contributed by atoms with Crippen LogP contribution in [-0.4, -0.2) is 28.6 Å². The van der Waals surface area contributed by atoms with Crippen molar-refractivity contribution >= 4 is 5.95 Å². The van der Waals surface area contributed by atoms with Crippen molar-refractivity contribution in [3.05, 3.63) is 29.6 Å². The molecule has 2 aromatic rings. The first kappa shape index (κ1) is 14.2. The van der Waals surface area contributed by atoms with Crippen LogP contribution in [-0.2, 0) is 0 Å². The molecule has 0 amide bonds. The van der Waals surface area contributed by atoms with E-state index in [2.05, 4.69) is 20.3 Å². The van der Waals surface area contributed by atoms with Crippen LogP contribution in [0.4, 0.5) is 10.3 Å². The number of aromatic nitrogens is 3. The lowest BCUT2D eigenvalue weighted by Gasteiger charge is -2.09. The highest BCUT2D eigenvalue weighted by Crippen LogP contribution is 2.23. The number of benzene rings is 1. The fourth-order valence-corrected chi connectivity index (χ4v) is 1.72. The van der Waals surface area contributed by atoms with Gasteiger partial charge < -0.3 is 10.1 Å². The van der Waals surface area contributed by atoms with E-state index in [9.17, 15) is 4.39 Å². The standard InChI is InChI=1S/C14H17FN4O/c1-4-7-16-13-17-12(18-14(19-13)20-3)11-8-10(15)6-5-9(11)2/h5-6,8H,4,7H2,1-3H3,(H,16,17,18,19). The van der Waals surface area contributed by atoms with Crippen molar-refractivity contribution in [2.75, 3.05) is 19.0 Å². The van der Waals surface area contributed by atoms with E-state index < -0.39 is 0 Å². The molecule has 2 rings (SSSR count). The summed E-state index contributed by atoms with van der Waals surface area (Å²) in [5, 5.41) is 3.08. The number of hydrogen-bond acceptors (Lipinski definition) is 5. The summed E-state index contributed by atoms with van der Waals surface area (Å²) in [6.07, 6.45) is 0.947. The van der Waals surface area contributed by atoms with Crippen molar-refractivity contribution in [1.82, 2.24) is 15.0 Å². The average Bonchev–Trinajstić information content (AvgIpc) is 2.47. The van der Waals surface area contributed by atoms with Crippen LogP contribution in [0.5, 0.6) is 6.01 Å². The summed E-state index contributed by atoms with van der Waals surface area (Å²) in [6.45, 7) is 4.67. The molecule has 0 aliphatic carbocycles. The Hall–Kier alpha value is -2.24. The maximum atomic E-state index is 13.4. The first-order chi connectivity index (χ1) is 9.63. The Bertz CT molecular complexity index is 604. The van der Waals surface area contributed by atoms with Gasteiger partial charge in [0.1, 0.15) is 5.82 Å². The van der Waals surface area contributed by atoms with Gasteiger partial charge in [-0.05, 0) is 31.0 Å². The second-order valence-electron chi connectivity index (χ2n) is 4.36. The highest BCUT2D eigenvalue weighted by Gasteiger charge is 2.11. The Balaban J connectivity index is 2.46. The predicted octanol–water partition coefficient (Wildman–Crippen LogP) is 2.82. The fourth-order valence-electron chi connectivity index (χ4n) is 1.72. The third-order valence-electron chi connectivity index (χ3n) is 2.77. The number of rotatable bonds is 5. The zero-order chi connectivity index (χ0) is 14.5. The number of aryl methyl sites for hydroxylation is 1. The second kappa shape index (κ2) is 6.27. The number of anilines is 1. The van der Waals surface area contributed by atoms with Crippen LogP contribution in [0, 0.1) is 12.7 Å². The molecule has 106 valence electrons. The molecule has 5 nitrogen and oxygen atoms in total. The SMILES string of the molecule is CCCNc1nc(OC)nc(-c2cc(F)ccc2C)n1. The zero-order valence-electron chi connectivity index (χ0n) is 11.8. The van der Waals surface area contributed by atoms with E-state index in [1.54, 1.807) is 6.07 Å². The van der Waals surface area contributed by atoms with Gasteiger partial charge in [0.15, 0.2) is 5.82 Å². The van der Waals surface area contributed by atoms with E-state index in [0.29, 0.717) is 17.3 Å². The van der Waals surface area contributed by atoms with Gasteiger partial charge in [0.2, 0.25) is 5.95 Å². The topological polar surface area (TPSA) is 59.9 Å². The average molecular weight is 276 g/mol. The highest BCUT2D eigenvalue weighted by molar-refractivity contribution is 5.61. The molecule has 0 aliphatic heterocycles. The Morgan fingerprint density at radius 3 is 2.75 bits per heavy atom. The first-order valence-electron chi connectivity index (χ1n) is 6.44. The van der Waals surface area contributed by atoms with Gasteiger partial charge >= 0.3 is 6.01 Å². The van der Waals surface area contributed by atoms with Gasteiger partial charge in [-0.2, -0.15) is 15.0 Å². The smallest absolute Gasteiger partial charge is 0.321 e. The van der Waals surface area contributed by atoms with Crippen LogP contribution in [0.1, 0.15) is 18.9 Å². The van der Waals surface area contributed by atoms with Gasteiger partial charge in [-0.3, -0.25) is 0 Å². The first-order valence-corrected chi connectivity index (χ1v) is 6.44. The van der Waals surface area contributed by atoms with Crippen molar-refractivity contribution in [3.8, 4) is 17.4 Å². The maximum absolute atomic E-state index is 13.4. The molecule has 20 heavy (non-hydrogen) atoms. The molecule has 0 radical (unpaired) electrons. The molecule has 6 heteroatoms. The molecule has 0 spiro atoms. The van der Waals surface area contributed by atoms with Crippen molar-refractivity contribution < 1.29 is 9.13 Å². The van der Waals surface area contributed by atoms with Crippen LogP contribution in [0.2, 0.25) is 0 Å². The van der Waals surface area contributed by atoms with Crippen LogP contribution < -0.4 is 10.1 Å². The lowest BCUT2D eigenvalue weighted by atomic mass is 10.1. The lowest BCUT2D eigenvalue weighted by molar-refractivity contribution is 0.379. The molecule has 1 aromatic carbocycles. The van der Waals surface area contributed by atoms with Gasteiger partial charge in [0, 0.05) is 12.1 Å². The van der Waals surface area contributed by atoms with Crippen molar-refractivity contribution in [1.29, 1.82) is 0 Å². The summed E-state index contributed by atoms with van der Waals surface area (Å²) in [6, 6.07) is 4.72. The van der Waals surface area contributed by atoms with Gasteiger partial charge in [-0.15, -0.1) is 0 Å². The summed E-state index contributed by atoms with van der Waals surface area (Å²) in [7, 11) is 1.49. The van der Waals surface area contributed by atoms with Crippen LogP contribution in [0.25, 0.3) is 11.4 Å². The Labute approximate surface area is 117 Å². The molecule has 1 N–H and O–H groups in total. The molecule has 0 aliphatic rings. The van der Waals surface area contributed by atoms with E-state index in [0.717, 1.165) is 18.5 Å². The lowest BCUT2D eigenvalue weighted by Crippen LogP contribution is -2.08. The third-order valence-corrected chi connectivity index (χ3v) is 2.77. The van der Waals surface area contributed by atoms with E-state index in [4.69, 9.17) is 4.74 Å². The minimum absolute atomic E-state index is 0.206. The van der Waals surface area contributed by atoms with E-state index in [1.165, 1.54) is 19.2 Å². The summed E-state index contributed by atoms with van der Waals surface area (Å²) in [5.41, 5.74) is 1.52. The summed E-state index contributed by atoms with van der Waals surface area (Å²) in [5.74, 6) is 0.498. The van der Waals surface area contributed by atoms with Crippen LogP contribution >= 0.6 is 0 Å². The molecule has 0 atom stereocenters. The Morgan fingerprint density at radius 2 is 2.05 bits per heavy atom. The van der Waals surface area contributed by atoms with Gasteiger partial charge in [-0.1, -0.05) is 13.0 Å². The normalized spacial score (nSPS) is 10.4. The Kier molecular flexibility index (Phi) is 4.45. The largest absolute Gasteiger partial charge is 0.467 e. The molecule has 0 saturated carbocycles. The maximum Gasteiger partial charge on any atom is 0.321 e. The number of nitrogens with one attached hydrogen (secondary N) is 1.